The van der Waals surface area contributed by atoms with Crippen LogP contribution in [0.2, 0.25) is 0 Å². The van der Waals surface area contributed by atoms with Gasteiger partial charge in [0.05, 0.1) is 0 Å². The molecule has 0 spiro atoms. The molecule has 0 radical (unpaired) electrons. The van der Waals surface area contributed by atoms with E-state index in [4.69, 9.17) is 4.74 Å². The molecule has 1 atom stereocenters. The van der Waals surface area contributed by atoms with Crippen LogP contribution in [0, 0.1) is 0 Å². The Morgan fingerprint density at radius 3 is 2.75 bits per heavy atom. The Bertz CT molecular complexity index is 194. The van der Waals surface area contributed by atoms with Crippen LogP contribution in [-0.2, 0) is 9.53 Å². The first-order chi connectivity index (χ1) is 5.74. The summed E-state index contributed by atoms with van der Waals surface area (Å²) in [6.07, 6.45) is 5.87. The number of carbonyl (C=O) groups excluding carboxylic acids is 1. The lowest BCUT2D eigenvalue weighted by Gasteiger charge is -2.05. The molecule has 0 bridgehead atoms. The molecule has 2 heteroatoms. The maximum absolute atomic E-state index is 11.0. The van der Waals surface area contributed by atoms with Crippen LogP contribution in [0.25, 0.3) is 0 Å². The van der Waals surface area contributed by atoms with Crippen molar-refractivity contribution in [1.29, 1.82) is 0 Å². The third kappa shape index (κ3) is 2.36. The number of hydrogen-bond acceptors (Lipinski definition) is 2. The number of unbranched alkanes of at least 4 members (excludes halogenated alkanes) is 2. The van der Waals surface area contributed by atoms with E-state index in [1.54, 1.807) is 13.0 Å². The lowest BCUT2D eigenvalue weighted by atomic mass is 10.2. The topological polar surface area (TPSA) is 26.3 Å². The molecule has 1 aliphatic heterocycles. The summed E-state index contributed by atoms with van der Waals surface area (Å²) >= 11 is 0. The maximum atomic E-state index is 11.0. The molecule has 0 amide bonds. The van der Waals surface area contributed by atoms with Crippen molar-refractivity contribution in [3.8, 4) is 0 Å². The van der Waals surface area contributed by atoms with Crippen molar-refractivity contribution in [3.05, 3.63) is 11.8 Å². The summed E-state index contributed by atoms with van der Waals surface area (Å²) in [5.41, 5.74) is 0. The molecule has 0 fully saturated rings. The number of ketones is 1. The van der Waals surface area contributed by atoms with Gasteiger partial charge in [0.1, 0.15) is 5.76 Å². The van der Waals surface area contributed by atoms with E-state index in [2.05, 4.69) is 6.92 Å². The quantitative estimate of drug-likeness (QED) is 0.603. The van der Waals surface area contributed by atoms with Gasteiger partial charge in [-0.25, -0.2) is 0 Å². The van der Waals surface area contributed by atoms with E-state index in [0.29, 0.717) is 0 Å². The van der Waals surface area contributed by atoms with Crippen molar-refractivity contribution in [2.24, 2.45) is 0 Å². The highest BCUT2D eigenvalue weighted by Gasteiger charge is 2.21. The Labute approximate surface area is 73.6 Å². The number of carbonyl (C=O) groups is 1. The highest BCUT2D eigenvalue weighted by Crippen LogP contribution is 2.19. The summed E-state index contributed by atoms with van der Waals surface area (Å²) in [4.78, 5) is 11.0. The van der Waals surface area contributed by atoms with Gasteiger partial charge < -0.3 is 4.74 Å². The molecule has 0 N–H and O–H groups in total. The van der Waals surface area contributed by atoms with Gasteiger partial charge in [0.25, 0.3) is 0 Å². The van der Waals surface area contributed by atoms with Crippen molar-refractivity contribution < 1.29 is 9.53 Å². The standard InChI is InChI=1S/C10H16O2/c1-3-4-5-6-9-7-10(11)8(2)12-9/h7-8H,3-6H2,1-2H3. The second kappa shape index (κ2) is 4.29. The van der Waals surface area contributed by atoms with Crippen molar-refractivity contribution in [3.63, 3.8) is 0 Å². The first kappa shape index (κ1) is 9.30. The van der Waals surface area contributed by atoms with Crippen molar-refractivity contribution >= 4 is 5.78 Å². The molecule has 68 valence electrons. The van der Waals surface area contributed by atoms with Gasteiger partial charge in [-0.05, 0) is 13.3 Å². The smallest absolute Gasteiger partial charge is 0.199 e. The van der Waals surface area contributed by atoms with Crippen LogP contribution in [-0.4, -0.2) is 11.9 Å². The van der Waals surface area contributed by atoms with Gasteiger partial charge in [-0.15, -0.1) is 0 Å². The van der Waals surface area contributed by atoms with Gasteiger partial charge in [-0.3, -0.25) is 4.79 Å². The summed E-state index contributed by atoms with van der Waals surface area (Å²) in [7, 11) is 0. The average Bonchev–Trinajstić information content (AvgIpc) is 2.32. The first-order valence-electron chi connectivity index (χ1n) is 4.65. The second-order valence-corrected chi connectivity index (χ2v) is 3.23. The van der Waals surface area contributed by atoms with Crippen molar-refractivity contribution in [2.45, 2.75) is 45.6 Å². The maximum Gasteiger partial charge on any atom is 0.199 e. The molecule has 2 nitrogen and oxygen atoms in total. The minimum atomic E-state index is -0.235. The van der Waals surface area contributed by atoms with Gasteiger partial charge in [-0.1, -0.05) is 19.8 Å². The zero-order valence-corrected chi connectivity index (χ0v) is 7.80. The largest absolute Gasteiger partial charge is 0.487 e. The Balaban J connectivity index is 2.26. The summed E-state index contributed by atoms with van der Waals surface area (Å²) in [5, 5.41) is 0. The number of ether oxygens (including phenoxy) is 1. The summed E-state index contributed by atoms with van der Waals surface area (Å²) in [6.45, 7) is 3.96. The van der Waals surface area contributed by atoms with Crippen molar-refractivity contribution in [1.82, 2.24) is 0 Å². The lowest BCUT2D eigenvalue weighted by molar-refractivity contribution is -0.119. The summed E-state index contributed by atoms with van der Waals surface area (Å²) in [6, 6.07) is 0. The fourth-order valence-corrected chi connectivity index (χ4v) is 1.28. The van der Waals surface area contributed by atoms with Crippen molar-refractivity contribution in [2.75, 3.05) is 0 Å². The molecular formula is C10H16O2. The summed E-state index contributed by atoms with van der Waals surface area (Å²) in [5.74, 6) is 0.988. The van der Waals surface area contributed by atoms with Gasteiger partial charge in [0, 0.05) is 12.5 Å². The van der Waals surface area contributed by atoms with Gasteiger partial charge in [-0.2, -0.15) is 0 Å². The SMILES string of the molecule is CCCCCC1=CC(=O)C(C)O1. The van der Waals surface area contributed by atoms with E-state index in [-0.39, 0.29) is 11.9 Å². The molecule has 1 aliphatic rings. The minimum absolute atomic E-state index is 0.112. The Hall–Kier alpha value is -0.790. The number of rotatable bonds is 4. The summed E-state index contributed by atoms with van der Waals surface area (Å²) < 4.78 is 5.33. The minimum Gasteiger partial charge on any atom is -0.487 e. The molecular weight excluding hydrogens is 152 g/mol. The van der Waals surface area contributed by atoms with E-state index in [1.165, 1.54) is 12.8 Å². The molecule has 12 heavy (non-hydrogen) atoms. The predicted molar refractivity (Wildman–Crippen MR) is 47.8 cm³/mol. The predicted octanol–water partition coefficient (Wildman–Crippen LogP) is 2.44. The Morgan fingerprint density at radius 2 is 2.25 bits per heavy atom. The molecule has 0 saturated heterocycles. The first-order valence-corrected chi connectivity index (χ1v) is 4.65. The van der Waals surface area contributed by atoms with E-state index in [9.17, 15) is 4.79 Å². The number of hydrogen-bond donors (Lipinski definition) is 0. The molecule has 0 aliphatic carbocycles. The molecule has 0 aromatic rings. The Morgan fingerprint density at radius 1 is 1.50 bits per heavy atom. The van der Waals surface area contributed by atoms with Crippen LogP contribution >= 0.6 is 0 Å². The molecule has 0 aromatic carbocycles. The van der Waals surface area contributed by atoms with E-state index in [1.807, 2.05) is 0 Å². The lowest BCUT2D eigenvalue weighted by Crippen LogP contribution is -2.09. The van der Waals surface area contributed by atoms with Crippen LogP contribution in [0.15, 0.2) is 11.8 Å². The highest BCUT2D eigenvalue weighted by atomic mass is 16.5. The fraction of sp³-hybridized carbons (Fsp3) is 0.700. The zero-order valence-electron chi connectivity index (χ0n) is 7.80. The van der Waals surface area contributed by atoms with Crippen LogP contribution < -0.4 is 0 Å². The molecule has 1 rings (SSSR count). The Kier molecular flexibility index (Phi) is 3.32. The van der Waals surface area contributed by atoms with Crippen LogP contribution in [0.5, 0.6) is 0 Å². The van der Waals surface area contributed by atoms with E-state index < -0.39 is 0 Å². The molecule has 1 heterocycles. The number of allylic oxidation sites excluding steroid dienone is 1. The third-order valence-electron chi connectivity index (χ3n) is 2.06. The third-order valence-corrected chi connectivity index (χ3v) is 2.06. The van der Waals surface area contributed by atoms with E-state index in [0.717, 1.165) is 18.6 Å². The molecule has 1 unspecified atom stereocenters. The van der Waals surface area contributed by atoms with Gasteiger partial charge >= 0.3 is 0 Å². The second-order valence-electron chi connectivity index (χ2n) is 3.23. The highest BCUT2D eigenvalue weighted by molar-refractivity contribution is 5.95. The zero-order chi connectivity index (χ0) is 8.97. The average molecular weight is 168 g/mol. The van der Waals surface area contributed by atoms with Crippen LogP contribution in [0.3, 0.4) is 0 Å². The molecule has 0 saturated carbocycles. The van der Waals surface area contributed by atoms with E-state index >= 15 is 0 Å². The normalized spacial score (nSPS) is 22.3. The van der Waals surface area contributed by atoms with Gasteiger partial charge in [0.2, 0.25) is 0 Å². The molecule has 0 aromatic heterocycles. The monoisotopic (exact) mass is 168 g/mol. The van der Waals surface area contributed by atoms with Gasteiger partial charge in [0.15, 0.2) is 11.9 Å². The van der Waals surface area contributed by atoms with Crippen LogP contribution in [0.4, 0.5) is 0 Å². The van der Waals surface area contributed by atoms with Crippen LogP contribution in [0.1, 0.15) is 39.5 Å². The fourth-order valence-electron chi connectivity index (χ4n) is 1.28.